The lowest BCUT2D eigenvalue weighted by Crippen LogP contribution is -2.63. The van der Waals surface area contributed by atoms with Gasteiger partial charge in [-0.05, 0) is 37.5 Å². The van der Waals surface area contributed by atoms with Crippen molar-refractivity contribution in [1.29, 1.82) is 0 Å². The van der Waals surface area contributed by atoms with Crippen LogP contribution in [-0.2, 0) is 0 Å². The maximum absolute atomic E-state index is 6.63. The molecule has 1 saturated heterocycles. The van der Waals surface area contributed by atoms with Crippen LogP contribution in [0.15, 0.2) is 0 Å². The van der Waals surface area contributed by atoms with E-state index in [2.05, 4.69) is 38.5 Å². The molecule has 1 aliphatic rings. The van der Waals surface area contributed by atoms with Gasteiger partial charge in [0.05, 0.1) is 5.66 Å². The molecule has 1 heterocycles. The van der Waals surface area contributed by atoms with Gasteiger partial charge < -0.3 is 5.73 Å². The Morgan fingerprint density at radius 3 is 2.50 bits per heavy atom. The highest BCUT2D eigenvalue weighted by Gasteiger charge is 2.34. The lowest BCUT2D eigenvalue weighted by atomic mass is 9.86. The number of unbranched alkanes of at least 4 members (excludes halogenated alkanes) is 4. The average Bonchev–Trinajstić information content (AvgIpc) is 2.61. The van der Waals surface area contributed by atoms with Crippen LogP contribution in [0.1, 0.15) is 85.5 Å². The number of rotatable bonds is 8. The summed E-state index contributed by atoms with van der Waals surface area (Å²) < 4.78 is 0. The molecule has 4 N–H and O–H groups in total. The molecule has 3 unspecified atom stereocenters. The van der Waals surface area contributed by atoms with Gasteiger partial charge in [-0.1, -0.05) is 59.8 Å². The van der Waals surface area contributed by atoms with E-state index in [0.29, 0.717) is 17.9 Å². The molecule has 0 radical (unpaired) electrons. The van der Waals surface area contributed by atoms with Gasteiger partial charge in [0.15, 0.2) is 0 Å². The van der Waals surface area contributed by atoms with Crippen LogP contribution in [0.2, 0.25) is 0 Å². The predicted octanol–water partition coefficient (Wildman–Crippen LogP) is 3.94. The normalized spacial score (nSPS) is 29.4. The molecule has 20 heavy (non-hydrogen) atoms. The first-order chi connectivity index (χ1) is 9.49. The molecule has 1 aliphatic heterocycles. The van der Waals surface area contributed by atoms with Crippen molar-refractivity contribution in [1.82, 2.24) is 10.9 Å². The van der Waals surface area contributed by atoms with Gasteiger partial charge in [0.2, 0.25) is 0 Å². The molecule has 3 atom stereocenters. The Labute approximate surface area is 126 Å². The van der Waals surface area contributed by atoms with Crippen LogP contribution in [0, 0.1) is 11.8 Å². The van der Waals surface area contributed by atoms with E-state index in [1.807, 2.05) is 0 Å². The van der Waals surface area contributed by atoms with Crippen LogP contribution in [0.5, 0.6) is 0 Å². The molecule has 0 spiro atoms. The van der Waals surface area contributed by atoms with Crippen molar-refractivity contribution < 1.29 is 0 Å². The summed E-state index contributed by atoms with van der Waals surface area (Å²) in [6.07, 6.45) is 11.5. The van der Waals surface area contributed by atoms with E-state index in [1.165, 1.54) is 51.4 Å². The van der Waals surface area contributed by atoms with E-state index in [0.717, 1.165) is 6.42 Å². The lowest BCUT2D eigenvalue weighted by molar-refractivity contribution is 0.174. The largest absolute Gasteiger partial charge is 0.312 e. The van der Waals surface area contributed by atoms with Gasteiger partial charge in [0.25, 0.3) is 0 Å². The summed E-state index contributed by atoms with van der Waals surface area (Å²) in [6.45, 7) is 9.13. The minimum atomic E-state index is -0.228. The van der Waals surface area contributed by atoms with Crippen LogP contribution < -0.4 is 16.6 Å². The zero-order valence-electron chi connectivity index (χ0n) is 14.2. The fourth-order valence-electron chi connectivity index (χ4n) is 3.16. The van der Waals surface area contributed by atoms with Gasteiger partial charge in [-0.15, -0.1) is 0 Å². The molecular formula is C17H37N3. The first-order valence-electron chi connectivity index (χ1n) is 8.81. The third-order valence-corrected chi connectivity index (χ3v) is 5.02. The molecule has 1 fully saturated rings. The topological polar surface area (TPSA) is 50.1 Å². The summed E-state index contributed by atoms with van der Waals surface area (Å²) in [5, 5.41) is 0. The molecule has 0 aromatic rings. The quantitative estimate of drug-likeness (QED) is 0.591. The summed E-state index contributed by atoms with van der Waals surface area (Å²) in [5.41, 5.74) is 13.4. The fraction of sp³-hybridized carbons (Fsp3) is 1.00. The molecule has 0 aromatic heterocycles. The summed E-state index contributed by atoms with van der Waals surface area (Å²) in [5.74, 6) is 1.19. The summed E-state index contributed by atoms with van der Waals surface area (Å²) in [7, 11) is 0. The average molecular weight is 284 g/mol. The number of hydrogen-bond acceptors (Lipinski definition) is 3. The zero-order valence-corrected chi connectivity index (χ0v) is 14.2. The minimum absolute atomic E-state index is 0.228. The molecule has 120 valence electrons. The Morgan fingerprint density at radius 1 is 1.15 bits per heavy atom. The molecule has 3 heteroatoms. The van der Waals surface area contributed by atoms with Gasteiger partial charge in [-0.2, -0.15) is 0 Å². The molecule has 1 rings (SSSR count). The smallest absolute Gasteiger partial charge is 0.0817 e. The summed E-state index contributed by atoms with van der Waals surface area (Å²) in [6, 6.07) is 0.553. The van der Waals surface area contributed by atoms with Gasteiger partial charge in [-0.25, -0.2) is 5.43 Å². The Kier molecular flexibility index (Phi) is 8.08. The van der Waals surface area contributed by atoms with E-state index in [-0.39, 0.29) is 5.66 Å². The van der Waals surface area contributed by atoms with Gasteiger partial charge >= 0.3 is 0 Å². The van der Waals surface area contributed by atoms with Crippen LogP contribution in [0.25, 0.3) is 0 Å². The highest BCUT2D eigenvalue weighted by molar-refractivity contribution is 4.89. The van der Waals surface area contributed by atoms with E-state index >= 15 is 0 Å². The van der Waals surface area contributed by atoms with Crippen LogP contribution >= 0.6 is 0 Å². The van der Waals surface area contributed by atoms with E-state index in [9.17, 15) is 0 Å². The van der Waals surface area contributed by atoms with Crippen molar-refractivity contribution in [2.24, 2.45) is 17.6 Å². The van der Waals surface area contributed by atoms with Crippen molar-refractivity contribution in [2.45, 2.75) is 97.2 Å². The highest BCUT2D eigenvalue weighted by Crippen LogP contribution is 2.26. The Bertz CT molecular complexity index is 255. The Hall–Kier alpha value is -0.120. The van der Waals surface area contributed by atoms with Crippen LogP contribution in [0.3, 0.4) is 0 Å². The van der Waals surface area contributed by atoms with Gasteiger partial charge in [-0.3, -0.25) is 5.43 Å². The number of nitrogens with two attached hydrogens (primary N) is 1. The van der Waals surface area contributed by atoms with Crippen molar-refractivity contribution in [2.75, 3.05) is 0 Å². The Morgan fingerprint density at radius 2 is 1.85 bits per heavy atom. The first kappa shape index (κ1) is 17.9. The monoisotopic (exact) mass is 283 g/mol. The molecule has 0 bridgehead atoms. The third-order valence-electron chi connectivity index (χ3n) is 5.02. The second-order valence-electron chi connectivity index (χ2n) is 7.16. The molecule has 0 aliphatic carbocycles. The molecular weight excluding hydrogens is 246 g/mol. The molecule has 3 nitrogen and oxygen atoms in total. The standard InChI is InChI=1S/C17H37N3/c1-5-6-7-8-9-11-15(4)17(18)13-10-12-16(14(2)3)19-20-17/h14-16,19-20H,5-13,18H2,1-4H3. The number of hydrazine groups is 1. The Balaban J connectivity index is 2.35. The molecule has 0 aromatic carbocycles. The van der Waals surface area contributed by atoms with Gasteiger partial charge in [0, 0.05) is 6.04 Å². The maximum Gasteiger partial charge on any atom is 0.0817 e. The maximum atomic E-state index is 6.63. The van der Waals surface area contributed by atoms with Crippen molar-refractivity contribution in [3.8, 4) is 0 Å². The molecule has 0 amide bonds. The second-order valence-corrected chi connectivity index (χ2v) is 7.16. The second kappa shape index (κ2) is 9.01. The van der Waals surface area contributed by atoms with Crippen molar-refractivity contribution in [3.63, 3.8) is 0 Å². The third kappa shape index (κ3) is 5.71. The predicted molar refractivity (Wildman–Crippen MR) is 88.2 cm³/mol. The van der Waals surface area contributed by atoms with Crippen LogP contribution in [0.4, 0.5) is 0 Å². The molecule has 0 saturated carbocycles. The van der Waals surface area contributed by atoms with Gasteiger partial charge in [0.1, 0.15) is 0 Å². The van der Waals surface area contributed by atoms with Crippen LogP contribution in [-0.4, -0.2) is 11.7 Å². The minimum Gasteiger partial charge on any atom is -0.312 e. The summed E-state index contributed by atoms with van der Waals surface area (Å²) in [4.78, 5) is 0. The fourth-order valence-corrected chi connectivity index (χ4v) is 3.16. The van der Waals surface area contributed by atoms with E-state index in [4.69, 9.17) is 5.73 Å². The number of nitrogens with one attached hydrogen (secondary N) is 2. The summed E-state index contributed by atoms with van der Waals surface area (Å²) >= 11 is 0. The lowest BCUT2D eigenvalue weighted by Gasteiger charge is -2.36. The van der Waals surface area contributed by atoms with Crippen molar-refractivity contribution >= 4 is 0 Å². The number of hydrogen-bond donors (Lipinski definition) is 3. The first-order valence-corrected chi connectivity index (χ1v) is 8.81. The van der Waals surface area contributed by atoms with Crippen molar-refractivity contribution in [3.05, 3.63) is 0 Å². The van der Waals surface area contributed by atoms with E-state index < -0.39 is 0 Å². The SMILES string of the molecule is CCCCCCCC(C)C1(N)CCCC(C(C)C)NN1. The highest BCUT2D eigenvalue weighted by atomic mass is 15.4. The van der Waals surface area contributed by atoms with E-state index in [1.54, 1.807) is 0 Å². The zero-order chi connectivity index (χ0) is 15.0.